The zero-order valence-electron chi connectivity index (χ0n) is 11.7. The van der Waals surface area contributed by atoms with Crippen molar-refractivity contribution in [3.05, 3.63) is 0 Å². The predicted molar refractivity (Wildman–Crippen MR) is 69.2 cm³/mol. The minimum Gasteiger partial charge on any atom is -0.455 e. The first-order valence-electron chi connectivity index (χ1n) is 6.55. The van der Waals surface area contributed by atoms with Gasteiger partial charge in [-0.1, -0.05) is 0 Å². The van der Waals surface area contributed by atoms with Crippen LogP contribution in [0.5, 0.6) is 0 Å². The van der Waals surface area contributed by atoms with Gasteiger partial charge < -0.3 is 15.4 Å². The number of ether oxygens (including phenoxy) is 1. The van der Waals surface area contributed by atoms with Crippen LogP contribution in [0, 0.1) is 5.41 Å². The van der Waals surface area contributed by atoms with Crippen LogP contribution in [-0.4, -0.2) is 37.0 Å². The van der Waals surface area contributed by atoms with Crippen LogP contribution < -0.4 is 10.6 Å². The molecule has 0 aliphatic carbocycles. The molecule has 6 nitrogen and oxygen atoms in total. The van der Waals surface area contributed by atoms with E-state index in [1.807, 2.05) is 0 Å². The van der Waals surface area contributed by atoms with E-state index >= 15 is 0 Å². The minimum atomic E-state index is -0.639. The number of nitrogens with one attached hydrogen (secondary N) is 2. The van der Waals surface area contributed by atoms with E-state index < -0.39 is 23.3 Å². The first-order chi connectivity index (χ1) is 8.80. The quantitative estimate of drug-likeness (QED) is 0.725. The molecule has 0 aromatic heterocycles. The molecule has 1 saturated heterocycles. The fraction of sp³-hybridized carbons (Fsp3) is 0.769. The highest BCUT2D eigenvalue weighted by Crippen LogP contribution is 2.14. The fourth-order valence-corrected chi connectivity index (χ4v) is 1.66. The summed E-state index contributed by atoms with van der Waals surface area (Å²) in [5, 5.41) is 5.31. The predicted octanol–water partition coefficient (Wildman–Crippen LogP) is 0.361. The monoisotopic (exact) mass is 270 g/mol. The van der Waals surface area contributed by atoms with Gasteiger partial charge in [-0.25, -0.2) is 0 Å². The summed E-state index contributed by atoms with van der Waals surface area (Å²) in [5.41, 5.74) is -0.639. The standard InChI is InChI=1S/C13H22N2O4/c1-13(2,3)12(18)19-8-10(16)15-9-6-4-5-7-14-11(9)17/h9H,4-8H2,1-3H3,(H,14,17)(H,15,16)/t9-/m0/s1. The van der Waals surface area contributed by atoms with Crippen molar-refractivity contribution in [1.82, 2.24) is 10.6 Å². The van der Waals surface area contributed by atoms with Gasteiger partial charge in [0.1, 0.15) is 6.04 Å². The number of hydrogen-bond acceptors (Lipinski definition) is 4. The molecule has 0 radical (unpaired) electrons. The Balaban J connectivity index is 2.38. The van der Waals surface area contributed by atoms with Gasteiger partial charge in [0.2, 0.25) is 5.91 Å². The van der Waals surface area contributed by atoms with E-state index in [9.17, 15) is 14.4 Å². The summed E-state index contributed by atoms with van der Waals surface area (Å²) in [4.78, 5) is 34.7. The van der Waals surface area contributed by atoms with Crippen LogP contribution in [0.2, 0.25) is 0 Å². The van der Waals surface area contributed by atoms with Crippen molar-refractivity contribution in [1.29, 1.82) is 0 Å². The second kappa shape index (κ2) is 6.54. The molecule has 0 saturated carbocycles. The molecule has 1 rings (SSSR count). The summed E-state index contributed by atoms with van der Waals surface area (Å²) < 4.78 is 4.89. The van der Waals surface area contributed by atoms with E-state index in [1.165, 1.54) is 0 Å². The molecule has 1 aliphatic rings. The lowest BCUT2D eigenvalue weighted by molar-refractivity contribution is -0.156. The molecule has 19 heavy (non-hydrogen) atoms. The smallest absolute Gasteiger partial charge is 0.311 e. The number of esters is 1. The number of amides is 2. The van der Waals surface area contributed by atoms with E-state index in [-0.39, 0.29) is 12.5 Å². The molecule has 2 amide bonds. The Morgan fingerprint density at radius 1 is 1.37 bits per heavy atom. The number of rotatable bonds is 3. The third-order valence-electron chi connectivity index (χ3n) is 2.82. The van der Waals surface area contributed by atoms with Crippen LogP contribution in [0.3, 0.4) is 0 Å². The minimum absolute atomic E-state index is 0.173. The maximum Gasteiger partial charge on any atom is 0.311 e. The molecule has 1 atom stereocenters. The normalized spacial score (nSPS) is 20.2. The molecule has 2 N–H and O–H groups in total. The van der Waals surface area contributed by atoms with Gasteiger partial charge in [-0.05, 0) is 40.0 Å². The molecule has 0 unspecified atom stereocenters. The SMILES string of the molecule is CC(C)(C)C(=O)OCC(=O)N[C@H]1CCCCNC1=O. The third-order valence-corrected chi connectivity index (χ3v) is 2.82. The summed E-state index contributed by atoms with van der Waals surface area (Å²) in [6.45, 7) is 5.44. The van der Waals surface area contributed by atoms with Crippen molar-refractivity contribution in [3.8, 4) is 0 Å². The van der Waals surface area contributed by atoms with E-state index in [4.69, 9.17) is 4.74 Å². The van der Waals surface area contributed by atoms with Gasteiger partial charge in [0.25, 0.3) is 5.91 Å². The average Bonchev–Trinajstić information content (AvgIpc) is 2.51. The van der Waals surface area contributed by atoms with E-state index in [0.717, 1.165) is 12.8 Å². The highest BCUT2D eigenvalue weighted by atomic mass is 16.5. The van der Waals surface area contributed by atoms with Gasteiger partial charge >= 0.3 is 5.97 Å². The maximum absolute atomic E-state index is 11.6. The molecule has 0 spiro atoms. The largest absolute Gasteiger partial charge is 0.455 e. The second-order valence-electron chi connectivity index (χ2n) is 5.73. The molecular formula is C13H22N2O4. The number of carbonyl (C=O) groups is 3. The van der Waals surface area contributed by atoms with Gasteiger partial charge in [-0.2, -0.15) is 0 Å². The van der Waals surface area contributed by atoms with Crippen molar-refractivity contribution >= 4 is 17.8 Å². The summed E-state index contributed by atoms with van der Waals surface area (Å²) in [5.74, 6) is -1.05. The molecule has 1 aliphatic heterocycles. The van der Waals surface area contributed by atoms with Crippen LogP contribution >= 0.6 is 0 Å². The molecule has 1 heterocycles. The second-order valence-corrected chi connectivity index (χ2v) is 5.73. The molecule has 6 heteroatoms. The van der Waals surface area contributed by atoms with E-state index in [1.54, 1.807) is 20.8 Å². The lowest BCUT2D eigenvalue weighted by Gasteiger charge is -2.18. The lowest BCUT2D eigenvalue weighted by atomic mass is 9.97. The molecule has 0 aromatic carbocycles. The van der Waals surface area contributed by atoms with Crippen molar-refractivity contribution in [2.24, 2.45) is 5.41 Å². The Bertz CT molecular complexity index is 360. The van der Waals surface area contributed by atoms with Gasteiger partial charge in [-0.3, -0.25) is 14.4 Å². The Kier molecular flexibility index (Phi) is 5.32. The molecule has 0 aromatic rings. The van der Waals surface area contributed by atoms with Crippen LogP contribution in [0.4, 0.5) is 0 Å². The number of carbonyl (C=O) groups excluding carboxylic acids is 3. The van der Waals surface area contributed by atoms with Gasteiger partial charge in [-0.15, -0.1) is 0 Å². The van der Waals surface area contributed by atoms with Crippen LogP contribution in [-0.2, 0) is 19.1 Å². The molecule has 0 bridgehead atoms. The van der Waals surface area contributed by atoms with Crippen molar-refractivity contribution in [2.45, 2.75) is 46.1 Å². The highest BCUT2D eigenvalue weighted by Gasteiger charge is 2.26. The Labute approximate surface area is 113 Å². The van der Waals surface area contributed by atoms with Gasteiger partial charge in [0.05, 0.1) is 5.41 Å². The van der Waals surface area contributed by atoms with Crippen LogP contribution in [0.1, 0.15) is 40.0 Å². The summed E-state index contributed by atoms with van der Waals surface area (Å²) >= 11 is 0. The lowest BCUT2D eigenvalue weighted by Crippen LogP contribution is -2.47. The van der Waals surface area contributed by atoms with Crippen LogP contribution in [0.15, 0.2) is 0 Å². The van der Waals surface area contributed by atoms with Gasteiger partial charge in [0.15, 0.2) is 6.61 Å². The third kappa shape index (κ3) is 5.28. The summed E-state index contributed by atoms with van der Waals surface area (Å²) in [6, 6.07) is -0.525. The number of hydrogen-bond donors (Lipinski definition) is 2. The summed E-state index contributed by atoms with van der Waals surface area (Å²) in [6.07, 6.45) is 2.41. The topological polar surface area (TPSA) is 84.5 Å². The Morgan fingerprint density at radius 2 is 2.05 bits per heavy atom. The Morgan fingerprint density at radius 3 is 2.68 bits per heavy atom. The molecule has 1 fully saturated rings. The first kappa shape index (κ1) is 15.5. The van der Waals surface area contributed by atoms with Crippen LogP contribution in [0.25, 0.3) is 0 Å². The van der Waals surface area contributed by atoms with Crippen molar-refractivity contribution < 1.29 is 19.1 Å². The fourth-order valence-electron chi connectivity index (χ4n) is 1.66. The molecular weight excluding hydrogens is 248 g/mol. The summed E-state index contributed by atoms with van der Waals surface area (Å²) in [7, 11) is 0. The van der Waals surface area contributed by atoms with E-state index in [0.29, 0.717) is 13.0 Å². The van der Waals surface area contributed by atoms with Gasteiger partial charge in [0, 0.05) is 6.54 Å². The first-order valence-corrected chi connectivity index (χ1v) is 6.55. The average molecular weight is 270 g/mol. The van der Waals surface area contributed by atoms with Crippen molar-refractivity contribution in [3.63, 3.8) is 0 Å². The van der Waals surface area contributed by atoms with Crippen molar-refractivity contribution in [2.75, 3.05) is 13.2 Å². The highest BCUT2D eigenvalue weighted by molar-refractivity contribution is 5.89. The molecule has 108 valence electrons. The maximum atomic E-state index is 11.6. The Hall–Kier alpha value is -1.59. The van der Waals surface area contributed by atoms with E-state index in [2.05, 4.69) is 10.6 Å². The zero-order chi connectivity index (χ0) is 14.5. The zero-order valence-corrected chi connectivity index (χ0v) is 11.7.